The fraction of sp³-hybridized carbons (Fsp3) is 0.417. The highest BCUT2D eigenvalue weighted by Gasteiger charge is 2.34. The molecule has 0 saturated carbocycles. The highest BCUT2D eigenvalue weighted by atomic mass is 16.5. The van der Waals surface area contributed by atoms with Gasteiger partial charge in [-0.1, -0.05) is 12.1 Å². The Morgan fingerprint density at radius 3 is 2.42 bits per heavy atom. The summed E-state index contributed by atoms with van der Waals surface area (Å²) in [4.78, 5) is 27.0. The number of aryl methyl sites for hydroxylation is 1. The molecule has 1 atom stereocenters. The normalized spacial score (nSPS) is 15.1. The zero-order valence-electron chi connectivity index (χ0n) is 18.7. The number of carbonyl (C=O) groups is 2. The van der Waals surface area contributed by atoms with E-state index in [4.69, 9.17) is 18.9 Å². The maximum atomic E-state index is 13.1. The molecule has 0 spiro atoms. The second kappa shape index (κ2) is 9.73. The molecule has 0 radical (unpaired) electrons. The van der Waals surface area contributed by atoms with Gasteiger partial charge in [-0.3, -0.25) is 9.59 Å². The molecule has 0 saturated heterocycles. The smallest absolute Gasteiger partial charge is 0.307 e. The molecule has 1 aliphatic rings. The SMILES string of the molecule is COC(=O)C[C@@H]1c2cc(OC)c(OC)cc2CCN1C(=O)COc1cccc(C)c1C. The van der Waals surface area contributed by atoms with E-state index in [-0.39, 0.29) is 24.9 Å². The highest BCUT2D eigenvalue weighted by Crippen LogP contribution is 2.39. The molecular formula is C24H29NO6. The Morgan fingerprint density at radius 1 is 1.03 bits per heavy atom. The van der Waals surface area contributed by atoms with E-state index in [9.17, 15) is 9.59 Å². The Kier molecular flexibility index (Phi) is 7.05. The largest absolute Gasteiger partial charge is 0.493 e. The number of methoxy groups -OCH3 is 3. The lowest BCUT2D eigenvalue weighted by Crippen LogP contribution is -2.43. The van der Waals surface area contributed by atoms with Gasteiger partial charge in [0.25, 0.3) is 5.91 Å². The molecule has 166 valence electrons. The van der Waals surface area contributed by atoms with Crippen LogP contribution in [-0.4, -0.2) is 51.3 Å². The van der Waals surface area contributed by atoms with Crippen molar-refractivity contribution in [3.63, 3.8) is 0 Å². The minimum Gasteiger partial charge on any atom is -0.493 e. The third kappa shape index (κ3) is 4.76. The van der Waals surface area contributed by atoms with Crippen molar-refractivity contribution in [1.82, 2.24) is 4.90 Å². The zero-order chi connectivity index (χ0) is 22.5. The van der Waals surface area contributed by atoms with E-state index in [2.05, 4.69) is 0 Å². The van der Waals surface area contributed by atoms with Crippen molar-refractivity contribution in [1.29, 1.82) is 0 Å². The lowest BCUT2D eigenvalue weighted by Gasteiger charge is -2.37. The summed E-state index contributed by atoms with van der Waals surface area (Å²) >= 11 is 0. The van der Waals surface area contributed by atoms with E-state index < -0.39 is 6.04 Å². The minimum absolute atomic E-state index is 0.0498. The van der Waals surface area contributed by atoms with E-state index in [1.165, 1.54) is 7.11 Å². The van der Waals surface area contributed by atoms with Crippen LogP contribution in [0, 0.1) is 13.8 Å². The Hall–Kier alpha value is -3.22. The summed E-state index contributed by atoms with van der Waals surface area (Å²) in [6.07, 6.45) is 0.691. The molecule has 1 heterocycles. The fourth-order valence-corrected chi connectivity index (χ4v) is 3.89. The second-order valence-electron chi connectivity index (χ2n) is 7.53. The van der Waals surface area contributed by atoms with Crippen molar-refractivity contribution in [3.8, 4) is 17.2 Å². The lowest BCUT2D eigenvalue weighted by molar-refractivity contribution is -0.144. The van der Waals surface area contributed by atoms with Gasteiger partial charge >= 0.3 is 5.97 Å². The van der Waals surface area contributed by atoms with Gasteiger partial charge in [-0.05, 0) is 60.7 Å². The van der Waals surface area contributed by atoms with Gasteiger partial charge < -0.3 is 23.8 Å². The summed E-state index contributed by atoms with van der Waals surface area (Å²) in [5, 5.41) is 0. The average molecular weight is 427 g/mol. The Bertz CT molecular complexity index is 971. The summed E-state index contributed by atoms with van der Waals surface area (Å²) in [7, 11) is 4.49. The van der Waals surface area contributed by atoms with Crippen LogP contribution in [0.3, 0.4) is 0 Å². The first kappa shape index (κ1) is 22.5. The molecule has 0 fully saturated rings. The van der Waals surface area contributed by atoms with Gasteiger partial charge in [0.05, 0.1) is 33.8 Å². The molecule has 0 unspecified atom stereocenters. The summed E-state index contributed by atoms with van der Waals surface area (Å²) in [5.41, 5.74) is 3.98. The van der Waals surface area contributed by atoms with Crippen LogP contribution in [0.1, 0.15) is 34.7 Å². The van der Waals surface area contributed by atoms with Gasteiger partial charge in [-0.2, -0.15) is 0 Å². The Balaban J connectivity index is 1.87. The summed E-state index contributed by atoms with van der Waals surface area (Å²) in [6, 6.07) is 9.04. The summed E-state index contributed by atoms with van der Waals surface area (Å²) in [6.45, 7) is 4.33. The van der Waals surface area contributed by atoms with Crippen LogP contribution < -0.4 is 14.2 Å². The number of ether oxygens (including phenoxy) is 4. The summed E-state index contributed by atoms with van der Waals surface area (Å²) in [5.74, 6) is 1.28. The molecule has 0 aromatic heterocycles. The molecule has 3 rings (SSSR count). The molecule has 2 aromatic carbocycles. The molecule has 7 heteroatoms. The number of hydrogen-bond donors (Lipinski definition) is 0. The van der Waals surface area contributed by atoms with Crippen LogP contribution in [0.5, 0.6) is 17.2 Å². The van der Waals surface area contributed by atoms with Crippen LogP contribution in [0.4, 0.5) is 0 Å². The van der Waals surface area contributed by atoms with Crippen LogP contribution in [0.15, 0.2) is 30.3 Å². The number of benzene rings is 2. The van der Waals surface area contributed by atoms with Gasteiger partial charge in [0, 0.05) is 6.54 Å². The molecule has 0 aliphatic carbocycles. The van der Waals surface area contributed by atoms with Gasteiger partial charge in [0.15, 0.2) is 18.1 Å². The van der Waals surface area contributed by atoms with E-state index in [0.29, 0.717) is 30.2 Å². The molecule has 0 N–H and O–H groups in total. The van der Waals surface area contributed by atoms with Crippen molar-refractivity contribution in [2.75, 3.05) is 34.5 Å². The van der Waals surface area contributed by atoms with Gasteiger partial charge in [-0.25, -0.2) is 0 Å². The van der Waals surface area contributed by atoms with E-state index in [0.717, 1.165) is 22.3 Å². The van der Waals surface area contributed by atoms with Crippen molar-refractivity contribution in [2.24, 2.45) is 0 Å². The fourth-order valence-electron chi connectivity index (χ4n) is 3.89. The number of fused-ring (bicyclic) bond motifs is 1. The van der Waals surface area contributed by atoms with E-state index in [1.807, 2.05) is 44.2 Å². The molecule has 1 aliphatic heterocycles. The van der Waals surface area contributed by atoms with Crippen LogP contribution in [-0.2, 0) is 20.7 Å². The number of hydrogen-bond acceptors (Lipinski definition) is 6. The molecule has 0 bridgehead atoms. The highest BCUT2D eigenvalue weighted by molar-refractivity contribution is 5.80. The molecule has 2 aromatic rings. The van der Waals surface area contributed by atoms with Crippen molar-refractivity contribution < 1.29 is 28.5 Å². The number of rotatable bonds is 7. The molecule has 7 nitrogen and oxygen atoms in total. The number of amides is 1. The maximum absolute atomic E-state index is 13.1. The monoisotopic (exact) mass is 427 g/mol. The molecule has 1 amide bonds. The first-order chi connectivity index (χ1) is 14.9. The number of nitrogens with zero attached hydrogens (tertiary/aromatic N) is 1. The van der Waals surface area contributed by atoms with Crippen LogP contribution in [0.2, 0.25) is 0 Å². The average Bonchev–Trinajstić information content (AvgIpc) is 2.78. The van der Waals surface area contributed by atoms with Gasteiger partial charge in [0.1, 0.15) is 5.75 Å². The predicted octanol–water partition coefficient (Wildman–Crippen LogP) is 3.39. The minimum atomic E-state index is -0.467. The molecule has 31 heavy (non-hydrogen) atoms. The second-order valence-corrected chi connectivity index (χ2v) is 7.53. The Morgan fingerprint density at radius 2 is 1.74 bits per heavy atom. The van der Waals surface area contributed by atoms with Crippen molar-refractivity contribution >= 4 is 11.9 Å². The maximum Gasteiger partial charge on any atom is 0.307 e. The third-order valence-corrected chi connectivity index (χ3v) is 5.82. The van der Waals surface area contributed by atoms with Crippen LogP contribution in [0.25, 0.3) is 0 Å². The van der Waals surface area contributed by atoms with Gasteiger partial charge in [-0.15, -0.1) is 0 Å². The first-order valence-electron chi connectivity index (χ1n) is 10.2. The standard InChI is InChI=1S/C24H29NO6/c1-15-7-6-8-20(16(15)2)31-14-23(26)25-10-9-17-11-21(28-3)22(29-4)12-18(17)19(25)13-24(27)30-5/h6-8,11-12,19H,9-10,13-14H2,1-5H3/t19-/m1/s1. The van der Waals surface area contributed by atoms with Crippen molar-refractivity contribution in [3.05, 3.63) is 52.6 Å². The lowest BCUT2D eigenvalue weighted by atomic mass is 9.90. The first-order valence-corrected chi connectivity index (χ1v) is 10.2. The number of carbonyl (C=O) groups excluding carboxylic acids is 2. The number of esters is 1. The van der Waals surface area contributed by atoms with E-state index >= 15 is 0 Å². The Labute approximate surface area is 182 Å². The molecular weight excluding hydrogens is 398 g/mol. The summed E-state index contributed by atoms with van der Waals surface area (Å²) < 4.78 is 21.6. The van der Waals surface area contributed by atoms with E-state index in [1.54, 1.807) is 19.1 Å². The third-order valence-electron chi connectivity index (χ3n) is 5.82. The topological polar surface area (TPSA) is 74.3 Å². The predicted molar refractivity (Wildman–Crippen MR) is 116 cm³/mol. The van der Waals surface area contributed by atoms with Crippen LogP contribution >= 0.6 is 0 Å². The zero-order valence-corrected chi connectivity index (χ0v) is 18.7. The van der Waals surface area contributed by atoms with Gasteiger partial charge in [0.2, 0.25) is 0 Å². The quantitative estimate of drug-likeness (QED) is 0.631. The van der Waals surface area contributed by atoms with Crippen molar-refractivity contribution in [2.45, 2.75) is 32.7 Å².